The molecule has 0 aliphatic carbocycles. The summed E-state index contributed by atoms with van der Waals surface area (Å²) in [6.07, 6.45) is 3.91. The maximum atomic E-state index is 12.2. The van der Waals surface area contributed by atoms with Gasteiger partial charge in [-0.05, 0) is 18.6 Å². The lowest BCUT2D eigenvalue weighted by atomic mass is 10.1. The summed E-state index contributed by atoms with van der Waals surface area (Å²) in [5.74, 6) is -1.31. The number of carbonyl (C=O) groups excluding carboxylic acids is 1. The SMILES string of the molecule is O=C(O)C1CCN(C(=O)Nc2cccc3cnccc23)C1. The van der Waals surface area contributed by atoms with Crippen LogP contribution in [-0.4, -0.2) is 40.1 Å². The number of pyridine rings is 1. The van der Waals surface area contributed by atoms with Crippen molar-refractivity contribution >= 4 is 28.5 Å². The van der Waals surface area contributed by atoms with Crippen LogP contribution in [0, 0.1) is 5.92 Å². The zero-order valence-electron chi connectivity index (χ0n) is 11.3. The zero-order chi connectivity index (χ0) is 14.8. The van der Waals surface area contributed by atoms with Crippen LogP contribution in [-0.2, 0) is 4.79 Å². The van der Waals surface area contributed by atoms with Crippen LogP contribution in [0.4, 0.5) is 10.5 Å². The highest BCUT2D eigenvalue weighted by molar-refractivity contribution is 6.01. The van der Waals surface area contributed by atoms with Gasteiger partial charge in [-0.1, -0.05) is 12.1 Å². The Morgan fingerprint density at radius 1 is 1.33 bits per heavy atom. The lowest BCUT2D eigenvalue weighted by molar-refractivity contribution is -0.141. The number of amides is 2. The number of benzene rings is 1. The topological polar surface area (TPSA) is 82.5 Å². The first kappa shape index (κ1) is 13.4. The van der Waals surface area contributed by atoms with Crippen molar-refractivity contribution < 1.29 is 14.7 Å². The average molecular weight is 285 g/mol. The van der Waals surface area contributed by atoms with Crippen LogP contribution >= 0.6 is 0 Å². The van der Waals surface area contributed by atoms with Crippen molar-refractivity contribution in [3.63, 3.8) is 0 Å². The number of carboxylic acids is 1. The lowest BCUT2D eigenvalue weighted by Gasteiger charge is -2.17. The zero-order valence-corrected chi connectivity index (χ0v) is 11.3. The van der Waals surface area contributed by atoms with Crippen molar-refractivity contribution in [3.8, 4) is 0 Å². The van der Waals surface area contributed by atoms with Gasteiger partial charge < -0.3 is 15.3 Å². The Bertz CT molecular complexity index is 696. The van der Waals surface area contributed by atoms with E-state index in [1.54, 1.807) is 17.3 Å². The van der Waals surface area contributed by atoms with Crippen molar-refractivity contribution in [3.05, 3.63) is 36.7 Å². The minimum Gasteiger partial charge on any atom is -0.481 e. The fraction of sp³-hybridized carbons (Fsp3) is 0.267. The van der Waals surface area contributed by atoms with E-state index in [-0.39, 0.29) is 12.6 Å². The molecule has 2 heterocycles. The normalized spacial score (nSPS) is 17.9. The van der Waals surface area contributed by atoms with Gasteiger partial charge in [0.05, 0.1) is 11.6 Å². The number of fused-ring (bicyclic) bond motifs is 1. The fourth-order valence-corrected chi connectivity index (χ4v) is 2.57. The molecule has 2 amide bonds. The minimum absolute atomic E-state index is 0.257. The molecule has 108 valence electrons. The number of rotatable bonds is 2. The number of carbonyl (C=O) groups is 2. The second-order valence-electron chi connectivity index (χ2n) is 5.10. The molecule has 0 saturated carbocycles. The summed E-state index contributed by atoms with van der Waals surface area (Å²) in [4.78, 5) is 28.8. The molecule has 3 rings (SSSR count). The van der Waals surface area contributed by atoms with E-state index in [2.05, 4.69) is 10.3 Å². The summed E-state index contributed by atoms with van der Waals surface area (Å²) in [6, 6.07) is 7.18. The highest BCUT2D eigenvalue weighted by Crippen LogP contribution is 2.23. The highest BCUT2D eigenvalue weighted by Gasteiger charge is 2.30. The predicted octanol–water partition coefficient (Wildman–Crippen LogP) is 2.17. The first-order valence-electron chi connectivity index (χ1n) is 6.76. The molecule has 2 aromatic rings. The standard InChI is InChI=1S/C15H15N3O3/c19-14(20)11-5-7-18(9-11)15(21)17-13-3-1-2-10-8-16-6-4-12(10)13/h1-4,6,8,11H,5,7,9H2,(H,17,21)(H,19,20). The Morgan fingerprint density at radius 3 is 2.95 bits per heavy atom. The molecule has 6 nitrogen and oxygen atoms in total. The molecule has 21 heavy (non-hydrogen) atoms. The molecular weight excluding hydrogens is 270 g/mol. The number of hydrogen-bond acceptors (Lipinski definition) is 3. The highest BCUT2D eigenvalue weighted by atomic mass is 16.4. The molecule has 1 unspecified atom stereocenters. The van der Waals surface area contributed by atoms with Gasteiger partial charge in [-0.3, -0.25) is 9.78 Å². The van der Waals surface area contributed by atoms with E-state index in [4.69, 9.17) is 5.11 Å². The average Bonchev–Trinajstić information content (AvgIpc) is 2.98. The molecule has 1 aliphatic heterocycles. The first-order valence-corrected chi connectivity index (χ1v) is 6.76. The molecule has 1 aliphatic rings. The Hall–Kier alpha value is -2.63. The van der Waals surface area contributed by atoms with Crippen LogP contribution in [0.25, 0.3) is 10.8 Å². The van der Waals surface area contributed by atoms with Crippen molar-refractivity contribution in [2.45, 2.75) is 6.42 Å². The van der Waals surface area contributed by atoms with Gasteiger partial charge in [0, 0.05) is 36.3 Å². The van der Waals surface area contributed by atoms with Gasteiger partial charge >= 0.3 is 12.0 Å². The van der Waals surface area contributed by atoms with Crippen LogP contribution in [0.5, 0.6) is 0 Å². The lowest BCUT2D eigenvalue weighted by Crippen LogP contribution is -2.33. The number of aliphatic carboxylic acids is 1. The molecule has 0 bridgehead atoms. The van der Waals surface area contributed by atoms with Crippen LogP contribution < -0.4 is 5.32 Å². The number of urea groups is 1. The van der Waals surface area contributed by atoms with Gasteiger partial charge in [0.15, 0.2) is 0 Å². The van der Waals surface area contributed by atoms with Crippen molar-refractivity contribution in [2.24, 2.45) is 5.92 Å². The second-order valence-corrected chi connectivity index (χ2v) is 5.10. The maximum absolute atomic E-state index is 12.2. The van der Waals surface area contributed by atoms with E-state index in [0.717, 1.165) is 10.8 Å². The Balaban J connectivity index is 1.77. The molecule has 0 spiro atoms. The monoisotopic (exact) mass is 285 g/mol. The Morgan fingerprint density at radius 2 is 2.19 bits per heavy atom. The third-order valence-electron chi connectivity index (χ3n) is 3.75. The number of likely N-dealkylation sites (tertiary alicyclic amines) is 1. The summed E-state index contributed by atoms with van der Waals surface area (Å²) in [6.45, 7) is 0.725. The molecule has 2 N–H and O–H groups in total. The van der Waals surface area contributed by atoms with Crippen LogP contribution in [0.2, 0.25) is 0 Å². The number of carboxylic acid groups (broad SMARTS) is 1. The first-order chi connectivity index (χ1) is 10.1. The van der Waals surface area contributed by atoms with Gasteiger partial charge in [-0.15, -0.1) is 0 Å². The Kier molecular flexibility index (Phi) is 3.43. The summed E-state index contributed by atoms with van der Waals surface area (Å²) < 4.78 is 0. The van der Waals surface area contributed by atoms with E-state index in [9.17, 15) is 9.59 Å². The number of aromatic nitrogens is 1. The number of nitrogens with zero attached hydrogens (tertiary/aromatic N) is 2. The van der Waals surface area contributed by atoms with Gasteiger partial charge in [-0.25, -0.2) is 4.79 Å². The van der Waals surface area contributed by atoms with Crippen molar-refractivity contribution in [1.29, 1.82) is 0 Å². The largest absolute Gasteiger partial charge is 0.481 e. The predicted molar refractivity (Wildman–Crippen MR) is 78.1 cm³/mol. The Labute approximate surface area is 121 Å². The molecule has 1 atom stereocenters. The number of nitrogens with one attached hydrogen (secondary N) is 1. The summed E-state index contributed by atoms with van der Waals surface area (Å²) in [7, 11) is 0. The van der Waals surface area contributed by atoms with Gasteiger partial charge in [0.1, 0.15) is 0 Å². The third-order valence-corrected chi connectivity index (χ3v) is 3.75. The molecule has 1 saturated heterocycles. The fourth-order valence-electron chi connectivity index (χ4n) is 2.57. The van der Waals surface area contributed by atoms with Gasteiger partial charge in [-0.2, -0.15) is 0 Å². The number of anilines is 1. The van der Waals surface area contributed by atoms with Crippen LogP contribution in [0.1, 0.15) is 6.42 Å². The van der Waals surface area contributed by atoms with E-state index >= 15 is 0 Å². The molecule has 6 heteroatoms. The summed E-state index contributed by atoms with van der Waals surface area (Å²) in [5, 5.41) is 13.7. The molecule has 1 aromatic carbocycles. The van der Waals surface area contributed by atoms with E-state index in [0.29, 0.717) is 18.7 Å². The van der Waals surface area contributed by atoms with E-state index in [1.165, 1.54) is 0 Å². The van der Waals surface area contributed by atoms with Crippen molar-refractivity contribution in [1.82, 2.24) is 9.88 Å². The summed E-state index contributed by atoms with van der Waals surface area (Å²) in [5.41, 5.74) is 0.707. The van der Waals surface area contributed by atoms with E-state index < -0.39 is 11.9 Å². The minimum atomic E-state index is -0.846. The smallest absolute Gasteiger partial charge is 0.321 e. The molecule has 0 radical (unpaired) electrons. The molecular formula is C15H15N3O3. The second kappa shape index (κ2) is 5.40. The van der Waals surface area contributed by atoms with Gasteiger partial charge in [0.2, 0.25) is 0 Å². The summed E-state index contributed by atoms with van der Waals surface area (Å²) >= 11 is 0. The van der Waals surface area contributed by atoms with Crippen LogP contribution in [0.15, 0.2) is 36.7 Å². The third kappa shape index (κ3) is 2.65. The van der Waals surface area contributed by atoms with E-state index in [1.807, 2.05) is 24.3 Å². The maximum Gasteiger partial charge on any atom is 0.321 e. The van der Waals surface area contributed by atoms with Crippen molar-refractivity contribution in [2.75, 3.05) is 18.4 Å². The number of hydrogen-bond donors (Lipinski definition) is 2. The van der Waals surface area contributed by atoms with Crippen LogP contribution in [0.3, 0.4) is 0 Å². The van der Waals surface area contributed by atoms with Gasteiger partial charge in [0.25, 0.3) is 0 Å². The molecule has 1 fully saturated rings. The molecule has 1 aromatic heterocycles. The quantitative estimate of drug-likeness (QED) is 0.886.